The SMILES string of the molecule is CCCCC(CCCc1ccccc1Nc1cccc2ccccc12)C(C)(C)C. The summed E-state index contributed by atoms with van der Waals surface area (Å²) in [6, 6.07) is 23.9. The van der Waals surface area contributed by atoms with Crippen LogP contribution in [-0.2, 0) is 6.42 Å². The summed E-state index contributed by atoms with van der Waals surface area (Å²) in [6.07, 6.45) is 7.69. The van der Waals surface area contributed by atoms with Crippen LogP contribution in [0.3, 0.4) is 0 Å². The van der Waals surface area contributed by atoms with Gasteiger partial charge in [-0.1, -0.05) is 95.1 Å². The minimum Gasteiger partial charge on any atom is -0.355 e. The third-order valence-corrected chi connectivity index (χ3v) is 6.21. The van der Waals surface area contributed by atoms with E-state index < -0.39 is 0 Å². The quantitative estimate of drug-likeness (QED) is 0.387. The van der Waals surface area contributed by atoms with Gasteiger partial charge in [0.1, 0.15) is 0 Å². The number of hydrogen-bond acceptors (Lipinski definition) is 1. The summed E-state index contributed by atoms with van der Waals surface area (Å²) in [7, 11) is 0. The highest BCUT2D eigenvalue weighted by Gasteiger charge is 2.23. The summed E-state index contributed by atoms with van der Waals surface area (Å²) >= 11 is 0. The molecule has 0 saturated carbocycles. The Hall–Kier alpha value is -2.28. The van der Waals surface area contributed by atoms with Gasteiger partial charge in [-0.3, -0.25) is 0 Å². The number of benzene rings is 3. The summed E-state index contributed by atoms with van der Waals surface area (Å²) in [5, 5.41) is 6.27. The van der Waals surface area contributed by atoms with Crippen molar-refractivity contribution in [1.29, 1.82) is 0 Å². The molecular formula is C28H37N. The van der Waals surface area contributed by atoms with Crippen molar-refractivity contribution in [3.63, 3.8) is 0 Å². The van der Waals surface area contributed by atoms with Gasteiger partial charge in [0.2, 0.25) is 0 Å². The Labute approximate surface area is 177 Å². The molecule has 29 heavy (non-hydrogen) atoms. The van der Waals surface area contributed by atoms with Gasteiger partial charge in [-0.2, -0.15) is 0 Å². The van der Waals surface area contributed by atoms with Crippen molar-refractivity contribution in [2.24, 2.45) is 11.3 Å². The topological polar surface area (TPSA) is 12.0 Å². The lowest BCUT2D eigenvalue weighted by Gasteiger charge is -2.31. The monoisotopic (exact) mass is 387 g/mol. The minimum absolute atomic E-state index is 0.399. The lowest BCUT2D eigenvalue weighted by atomic mass is 9.75. The lowest BCUT2D eigenvalue weighted by molar-refractivity contribution is 0.204. The number of rotatable bonds is 9. The maximum Gasteiger partial charge on any atom is 0.0463 e. The average molecular weight is 388 g/mol. The van der Waals surface area contributed by atoms with Gasteiger partial charge in [0.25, 0.3) is 0 Å². The van der Waals surface area contributed by atoms with E-state index in [9.17, 15) is 0 Å². The maximum absolute atomic E-state index is 3.72. The van der Waals surface area contributed by atoms with Crippen molar-refractivity contribution in [3.8, 4) is 0 Å². The van der Waals surface area contributed by atoms with Gasteiger partial charge in [0, 0.05) is 16.8 Å². The second-order valence-corrected chi connectivity index (χ2v) is 9.41. The fourth-order valence-electron chi connectivity index (χ4n) is 4.34. The van der Waals surface area contributed by atoms with E-state index in [1.165, 1.54) is 59.8 Å². The van der Waals surface area contributed by atoms with E-state index in [1.54, 1.807) is 0 Å². The molecule has 0 aromatic heterocycles. The highest BCUT2D eigenvalue weighted by atomic mass is 14.9. The third-order valence-electron chi connectivity index (χ3n) is 6.21. The van der Waals surface area contributed by atoms with Crippen LogP contribution < -0.4 is 5.32 Å². The van der Waals surface area contributed by atoms with Crippen LogP contribution in [0.15, 0.2) is 66.7 Å². The van der Waals surface area contributed by atoms with Crippen molar-refractivity contribution in [3.05, 3.63) is 72.3 Å². The van der Waals surface area contributed by atoms with E-state index in [0.29, 0.717) is 5.41 Å². The second-order valence-electron chi connectivity index (χ2n) is 9.41. The molecule has 3 aromatic carbocycles. The molecule has 1 heteroatoms. The van der Waals surface area contributed by atoms with Crippen LogP contribution in [0.25, 0.3) is 10.8 Å². The van der Waals surface area contributed by atoms with E-state index in [-0.39, 0.29) is 0 Å². The first-order valence-corrected chi connectivity index (χ1v) is 11.3. The second kappa shape index (κ2) is 9.96. The summed E-state index contributed by atoms with van der Waals surface area (Å²) in [5.74, 6) is 0.806. The number of nitrogens with one attached hydrogen (secondary N) is 1. The summed E-state index contributed by atoms with van der Waals surface area (Å²) in [4.78, 5) is 0. The number of fused-ring (bicyclic) bond motifs is 1. The number of anilines is 2. The summed E-state index contributed by atoms with van der Waals surface area (Å²) < 4.78 is 0. The molecule has 0 amide bonds. The van der Waals surface area contributed by atoms with Crippen LogP contribution in [-0.4, -0.2) is 0 Å². The third kappa shape index (κ3) is 5.85. The predicted octanol–water partition coefficient (Wildman–Crippen LogP) is 8.76. The molecule has 1 unspecified atom stereocenters. The number of unbranched alkanes of at least 4 members (excludes halogenated alkanes) is 1. The van der Waals surface area contributed by atoms with Crippen molar-refractivity contribution in [1.82, 2.24) is 0 Å². The molecule has 1 N–H and O–H groups in total. The molecular weight excluding hydrogens is 350 g/mol. The van der Waals surface area contributed by atoms with E-state index >= 15 is 0 Å². The number of aryl methyl sites for hydroxylation is 1. The average Bonchev–Trinajstić information content (AvgIpc) is 2.71. The van der Waals surface area contributed by atoms with Crippen LogP contribution in [0.5, 0.6) is 0 Å². The molecule has 0 fully saturated rings. The zero-order valence-electron chi connectivity index (χ0n) is 18.7. The van der Waals surface area contributed by atoms with E-state index in [1.807, 2.05) is 0 Å². The molecule has 0 spiro atoms. The van der Waals surface area contributed by atoms with Crippen molar-refractivity contribution in [2.45, 2.75) is 66.2 Å². The van der Waals surface area contributed by atoms with Gasteiger partial charge in [-0.15, -0.1) is 0 Å². The molecule has 0 aliphatic rings. The Morgan fingerprint density at radius 1 is 0.759 bits per heavy atom. The van der Waals surface area contributed by atoms with Crippen LogP contribution >= 0.6 is 0 Å². The predicted molar refractivity (Wildman–Crippen MR) is 129 cm³/mol. The zero-order chi connectivity index (χ0) is 20.7. The van der Waals surface area contributed by atoms with Crippen LogP contribution in [0.4, 0.5) is 11.4 Å². The van der Waals surface area contributed by atoms with Gasteiger partial charge in [-0.05, 0) is 60.1 Å². The van der Waals surface area contributed by atoms with Crippen LogP contribution in [0, 0.1) is 11.3 Å². The van der Waals surface area contributed by atoms with Gasteiger partial charge in [0.15, 0.2) is 0 Å². The van der Waals surface area contributed by atoms with Gasteiger partial charge >= 0.3 is 0 Å². The summed E-state index contributed by atoms with van der Waals surface area (Å²) in [5.41, 5.74) is 4.25. The zero-order valence-corrected chi connectivity index (χ0v) is 18.7. The maximum atomic E-state index is 3.72. The van der Waals surface area contributed by atoms with Gasteiger partial charge in [-0.25, -0.2) is 0 Å². The van der Waals surface area contributed by atoms with Gasteiger partial charge in [0.05, 0.1) is 0 Å². The Morgan fingerprint density at radius 3 is 2.21 bits per heavy atom. The van der Waals surface area contributed by atoms with E-state index in [4.69, 9.17) is 0 Å². The number of hydrogen-bond donors (Lipinski definition) is 1. The molecule has 0 saturated heterocycles. The minimum atomic E-state index is 0.399. The van der Waals surface area contributed by atoms with Gasteiger partial charge < -0.3 is 5.32 Å². The van der Waals surface area contributed by atoms with E-state index in [0.717, 1.165) is 12.3 Å². The molecule has 0 radical (unpaired) electrons. The van der Waals surface area contributed by atoms with Crippen molar-refractivity contribution < 1.29 is 0 Å². The molecule has 3 aromatic rings. The standard InChI is InChI=1S/C28H37N/c1-5-6-17-24(28(2,3)4)18-11-16-23-14-8-10-20-26(23)29-27-21-12-15-22-13-7-9-19-25(22)27/h7-10,12-15,19-21,24,29H,5-6,11,16-18H2,1-4H3. The highest BCUT2D eigenvalue weighted by Crippen LogP contribution is 2.35. The van der Waals surface area contributed by atoms with Crippen LogP contribution in [0.2, 0.25) is 0 Å². The van der Waals surface area contributed by atoms with Crippen molar-refractivity contribution >= 4 is 22.1 Å². The van der Waals surface area contributed by atoms with Crippen molar-refractivity contribution in [2.75, 3.05) is 5.32 Å². The highest BCUT2D eigenvalue weighted by molar-refractivity contribution is 5.95. The Balaban J connectivity index is 1.70. The normalized spacial score (nSPS) is 12.8. The largest absolute Gasteiger partial charge is 0.355 e. The molecule has 0 aliphatic carbocycles. The Kier molecular flexibility index (Phi) is 7.36. The fraction of sp³-hybridized carbons (Fsp3) is 0.429. The molecule has 154 valence electrons. The molecule has 0 heterocycles. The molecule has 0 bridgehead atoms. The smallest absolute Gasteiger partial charge is 0.0463 e. The summed E-state index contributed by atoms with van der Waals surface area (Å²) in [6.45, 7) is 9.52. The Morgan fingerprint density at radius 2 is 1.41 bits per heavy atom. The molecule has 1 atom stereocenters. The first-order valence-electron chi connectivity index (χ1n) is 11.3. The Bertz CT molecular complexity index is 898. The molecule has 1 nitrogen and oxygen atoms in total. The first-order chi connectivity index (χ1) is 14.0. The fourth-order valence-corrected chi connectivity index (χ4v) is 4.34. The lowest BCUT2D eigenvalue weighted by Crippen LogP contribution is -2.20. The number of para-hydroxylation sites is 1. The van der Waals surface area contributed by atoms with E-state index in [2.05, 4.69) is 99.7 Å². The molecule has 0 aliphatic heterocycles. The van der Waals surface area contributed by atoms with Crippen LogP contribution in [0.1, 0.15) is 65.4 Å². The molecule has 3 rings (SSSR count). The first kappa shape index (κ1) is 21.4.